The zero-order chi connectivity index (χ0) is 12.3. The molecule has 17 heavy (non-hydrogen) atoms. The predicted octanol–water partition coefficient (Wildman–Crippen LogP) is 2.80. The summed E-state index contributed by atoms with van der Waals surface area (Å²) >= 11 is 1.85. The minimum absolute atomic E-state index is 0.934. The van der Waals surface area contributed by atoms with E-state index in [1.807, 2.05) is 18.4 Å². The molecule has 0 unspecified atom stereocenters. The Morgan fingerprint density at radius 3 is 2.71 bits per heavy atom. The summed E-state index contributed by atoms with van der Waals surface area (Å²) in [5.41, 5.74) is 1.19. The summed E-state index contributed by atoms with van der Waals surface area (Å²) in [5, 5.41) is 4.43. The lowest BCUT2D eigenvalue weighted by atomic mass is 9.95. The molecule has 1 fully saturated rings. The molecule has 0 aliphatic carbocycles. The molecule has 1 N–H and O–H groups in total. The number of hydrogen-bond donors (Lipinski definition) is 1. The van der Waals surface area contributed by atoms with Gasteiger partial charge < -0.3 is 10.2 Å². The van der Waals surface area contributed by atoms with Gasteiger partial charge in [-0.3, -0.25) is 0 Å². The zero-order valence-electron chi connectivity index (χ0n) is 11.1. The van der Waals surface area contributed by atoms with Crippen LogP contribution in [0.2, 0.25) is 0 Å². The number of anilines is 1. The summed E-state index contributed by atoms with van der Waals surface area (Å²) in [4.78, 5) is 8.54. The maximum atomic E-state index is 4.71. The van der Waals surface area contributed by atoms with Gasteiger partial charge in [-0.15, -0.1) is 11.3 Å². The molecule has 0 aromatic carbocycles. The number of aryl methyl sites for hydroxylation is 1. The number of aromatic nitrogens is 1. The van der Waals surface area contributed by atoms with Gasteiger partial charge in [0, 0.05) is 24.5 Å². The molecular weight excluding hydrogens is 230 g/mol. The van der Waals surface area contributed by atoms with Gasteiger partial charge in [0.2, 0.25) is 0 Å². The average molecular weight is 253 g/mol. The molecule has 0 atom stereocenters. The fourth-order valence-corrected chi connectivity index (χ4v) is 3.53. The first-order valence-corrected chi connectivity index (χ1v) is 7.42. The fraction of sp³-hybridized carbons (Fsp3) is 0.769. The lowest BCUT2D eigenvalue weighted by Gasteiger charge is -2.31. The summed E-state index contributed by atoms with van der Waals surface area (Å²) in [6.07, 6.45) is 3.99. The van der Waals surface area contributed by atoms with Crippen LogP contribution in [0, 0.1) is 12.8 Å². The summed E-state index contributed by atoms with van der Waals surface area (Å²) in [6.45, 7) is 7.73. The van der Waals surface area contributed by atoms with Crippen LogP contribution in [0.15, 0.2) is 0 Å². The van der Waals surface area contributed by atoms with Crippen molar-refractivity contribution < 1.29 is 0 Å². The van der Waals surface area contributed by atoms with E-state index >= 15 is 0 Å². The molecule has 1 aliphatic rings. The first-order valence-electron chi connectivity index (χ1n) is 6.60. The van der Waals surface area contributed by atoms with E-state index in [-0.39, 0.29) is 0 Å². The minimum Gasteiger partial charge on any atom is -0.348 e. The first kappa shape index (κ1) is 12.8. The molecule has 0 bridgehead atoms. The third kappa shape index (κ3) is 2.99. The normalized spacial score (nSPS) is 17.7. The Balaban J connectivity index is 2.00. The summed E-state index contributed by atoms with van der Waals surface area (Å²) in [7, 11) is 1.99. The maximum Gasteiger partial charge on any atom is 0.185 e. The highest BCUT2D eigenvalue weighted by molar-refractivity contribution is 7.15. The molecular formula is C13H23N3S. The van der Waals surface area contributed by atoms with Crippen LogP contribution in [0.1, 0.15) is 36.8 Å². The van der Waals surface area contributed by atoms with Gasteiger partial charge in [-0.2, -0.15) is 0 Å². The van der Waals surface area contributed by atoms with Crippen LogP contribution in [0.4, 0.5) is 5.13 Å². The van der Waals surface area contributed by atoms with Crippen LogP contribution < -0.4 is 10.2 Å². The molecule has 1 aromatic rings. The number of rotatable bonds is 4. The van der Waals surface area contributed by atoms with E-state index in [9.17, 15) is 0 Å². The van der Waals surface area contributed by atoms with Crippen molar-refractivity contribution in [2.45, 2.75) is 39.7 Å². The monoisotopic (exact) mass is 253 g/mol. The van der Waals surface area contributed by atoms with Crippen molar-refractivity contribution in [3.63, 3.8) is 0 Å². The van der Waals surface area contributed by atoms with Gasteiger partial charge in [-0.25, -0.2) is 4.98 Å². The van der Waals surface area contributed by atoms with Gasteiger partial charge in [0.05, 0.1) is 5.69 Å². The average Bonchev–Trinajstić information content (AvgIpc) is 2.72. The Kier molecular flexibility index (Phi) is 4.40. The van der Waals surface area contributed by atoms with Crippen molar-refractivity contribution in [1.29, 1.82) is 0 Å². The molecule has 2 rings (SSSR count). The Hall–Kier alpha value is -0.610. The Morgan fingerprint density at radius 1 is 1.41 bits per heavy atom. The standard InChI is InChI=1S/C13H23N3S/c1-4-11-5-7-16(8-6-11)13-15-10(2)12(17-13)9-14-3/h11,14H,4-9H2,1-3H3. The van der Waals surface area contributed by atoms with Crippen molar-refractivity contribution in [3.05, 3.63) is 10.6 Å². The SMILES string of the molecule is CCC1CCN(c2nc(C)c(CNC)s2)CC1. The van der Waals surface area contributed by atoms with Crippen molar-refractivity contribution >= 4 is 16.5 Å². The van der Waals surface area contributed by atoms with Gasteiger partial charge in [0.15, 0.2) is 5.13 Å². The molecule has 0 spiro atoms. The van der Waals surface area contributed by atoms with E-state index < -0.39 is 0 Å². The molecule has 1 aliphatic heterocycles. The van der Waals surface area contributed by atoms with E-state index in [1.54, 1.807) is 0 Å². The molecule has 0 radical (unpaired) electrons. The maximum absolute atomic E-state index is 4.71. The topological polar surface area (TPSA) is 28.2 Å². The van der Waals surface area contributed by atoms with Gasteiger partial charge in [0.1, 0.15) is 0 Å². The summed E-state index contributed by atoms with van der Waals surface area (Å²) < 4.78 is 0. The van der Waals surface area contributed by atoms with Crippen molar-refractivity contribution in [2.24, 2.45) is 5.92 Å². The van der Waals surface area contributed by atoms with E-state index in [0.717, 1.165) is 12.5 Å². The Bertz CT molecular complexity index is 354. The van der Waals surface area contributed by atoms with E-state index in [0.29, 0.717) is 0 Å². The molecule has 3 nitrogen and oxygen atoms in total. The zero-order valence-corrected chi connectivity index (χ0v) is 11.9. The van der Waals surface area contributed by atoms with Crippen LogP contribution in [-0.4, -0.2) is 25.1 Å². The number of nitrogens with zero attached hydrogens (tertiary/aromatic N) is 2. The van der Waals surface area contributed by atoms with Crippen LogP contribution in [0.3, 0.4) is 0 Å². The summed E-state index contributed by atoms with van der Waals surface area (Å²) in [6, 6.07) is 0. The van der Waals surface area contributed by atoms with E-state index in [1.165, 1.54) is 48.1 Å². The quantitative estimate of drug-likeness (QED) is 0.894. The molecule has 96 valence electrons. The Morgan fingerprint density at radius 2 is 2.12 bits per heavy atom. The fourth-order valence-electron chi connectivity index (χ4n) is 2.41. The summed E-state index contributed by atoms with van der Waals surface area (Å²) in [5.74, 6) is 0.934. The lowest BCUT2D eigenvalue weighted by Crippen LogP contribution is -2.33. The largest absolute Gasteiger partial charge is 0.348 e. The van der Waals surface area contributed by atoms with Crippen molar-refractivity contribution in [1.82, 2.24) is 10.3 Å². The van der Waals surface area contributed by atoms with Crippen LogP contribution in [-0.2, 0) is 6.54 Å². The van der Waals surface area contributed by atoms with Gasteiger partial charge >= 0.3 is 0 Å². The molecule has 0 amide bonds. The van der Waals surface area contributed by atoms with Crippen LogP contribution in [0.5, 0.6) is 0 Å². The number of hydrogen-bond acceptors (Lipinski definition) is 4. The van der Waals surface area contributed by atoms with Crippen LogP contribution in [0.25, 0.3) is 0 Å². The highest BCUT2D eigenvalue weighted by atomic mass is 32.1. The molecule has 1 aromatic heterocycles. The Labute approximate surface area is 108 Å². The smallest absolute Gasteiger partial charge is 0.185 e. The van der Waals surface area contributed by atoms with Crippen molar-refractivity contribution in [3.8, 4) is 0 Å². The third-order valence-corrected chi connectivity index (χ3v) is 4.90. The van der Waals surface area contributed by atoms with E-state index in [4.69, 9.17) is 4.98 Å². The molecule has 0 saturated carbocycles. The second-order valence-electron chi connectivity index (χ2n) is 4.87. The second-order valence-corrected chi connectivity index (χ2v) is 5.94. The molecule has 2 heterocycles. The highest BCUT2D eigenvalue weighted by Crippen LogP contribution is 2.30. The van der Waals surface area contributed by atoms with E-state index in [2.05, 4.69) is 24.1 Å². The highest BCUT2D eigenvalue weighted by Gasteiger charge is 2.20. The van der Waals surface area contributed by atoms with Gasteiger partial charge in [-0.05, 0) is 32.7 Å². The van der Waals surface area contributed by atoms with Crippen molar-refractivity contribution in [2.75, 3.05) is 25.0 Å². The number of nitrogens with one attached hydrogen (secondary N) is 1. The van der Waals surface area contributed by atoms with Gasteiger partial charge in [-0.1, -0.05) is 13.3 Å². The lowest BCUT2D eigenvalue weighted by molar-refractivity contribution is 0.395. The number of piperidine rings is 1. The van der Waals surface area contributed by atoms with Gasteiger partial charge in [0.25, 0.3) is 0 Å². The predicted molar refractivity (Wildman–Crippen MR) is 74.8 cm³/mol. The number of thiazole rings is 1. The molecule has 1 saturated heterocycles. The van der Waals surface area contributed by atoms with Crippen LogP contribution >= 0.6 is 11.3 Å². The minimum atomic E-state index is 0.934. The first-order chi connectivity index (χ1) is 8.24. The molecule has 4 heteroatoms. The third-order valence-electron chi connectivity index (χ3n) is 3.68. The second kappa shape index (κ2) is 5.83.